The van der Waals surface area contributed by atoms with E-state index < -0.39 is 0 Å². The van der Waals surface area contributed by atoms with Gasteiger partial charge < -0.3 is 5.32 Å². The Morgan fingerprint density at radius 1 is 1.29 bits per heavy atom. The van der Waals surface area contributed by atoms with E-state index in [0.717, 1.165) is 39.3 Å². The van der Waals surface area contributed by atoms with Crippen molar-refractivity contribution in [2.45, 2.75) is 32.7 Å². The fourth-order valence-corrected chi connectivity index (χ4v) is 3.14. The molecule has 0 saturated heterocycles. The molecule has 1 aromatic heterocycles. The van der Waals surface area contributed by atoms with Gasteiger partial charge in [0, 0.05) is 15.5 Å². The highest BCUT2D eigenvalue weighted by Crippen LogP contribution is 2.27. The number of rotatable bonds is 5. The van der Waals surface area contributed by atoms with E-state index in [-0.39, 0.29) is 6.04 Å². The number of nitrogens with one attached hydrogen (secondary N) is 1. The fourth-order valence-electron chi connectivity index (χ4n) is 2.39. The number of hydrogen-bond acceptors (Lipinski definition) is 3. The summed E-state index contributed by atoms with van der Waals surface area (Å²) in [4.78, 5) is 0. The quantitative estimate of drug-likeness (QED) is 0.856. The molecule has 21 heavy (non-hydrogen) atoms. The second kappa shape index (κ2) is 7.34. The van der Waals surface area contributed by atoms with E-state index in [4.69, 9.17) is 11.6 Å². The van der Waals surface area contributed by atoms with Crippen LogP contribution in [0.1, 0.15) is 35.5 Å². The van der Waals surface area contributed by atoms with Crippen LogP contribution in [0.3, 0.4) is 0 Å². The number of benzene rings is 1. The van der Waals surface area contributed by atoms with Gasteiger partial charge in [-0.3, -0.25) is 0 Å². The van der Waals surface area contributed by atoms with Crippen LogP contribution in [0.15, 0.2) is 28.7 Å². The number of hydrogen-bond donors (Lipinski definition) is 1. The Morgan fingerprint density at radius 3 is 2.67 bits per heavy atom. The molecule has 1 atom stereocenters. The molecule has 5 heteroatoms. The highest BCUT2D eigenvalue weighted by molar-refractivity contribution is 9.10. The summed E-state index contributed by atoms with van der Waals surface area (Å²) in [6.45, 7) is 4.07. The topological polar surface area (TPSA) is 37.8 Å². The minimum absolute atomic E-state index is 0.174. The van der Waals surface area contributed by atoms with Crippen LogP contribution < -0.4 is 5.32 Å². The van der Waals surface area contributed by atoms with Crippen LogP contribution in [0.2, 0.25) is 5.02 Å². The molecule has 2 aromatic rings. The third-order valence-electron chi connectivity index (χ3n) is 3.52. The molecule has 1 unspecified atom stereocenters. The van der Waals surface area contributed by atoms with Crippen molar-refractivity contribution >= 4 is 27.5 Å². The summed E-state index contributed by atoms with van der Waals surface area (Å²) in [5.74, 6) is 0. The van der Waals surface area contributed by atoms with Gasteiger partial charge in [-0.1, -0.05) is 40.5 Å². The average molecular weight is 369 g/mol. The molecule has 3 nitrogen and oxygen atoms in total. The number of aromatic nitrogens is 2. The zero-order valence-electron chi connectivity index (χ0n) is 12.5. The average Bonchev–Trinajstić information content (AvgIpc) is 2.46. The van der Waals surface area contributed by atoms with Gasteiger partial charge in [0.05, 0.1) is 11.4 Å². The Hall–Kier alpha value is -0.970. The molecule has 0 saturated carbocycles. The predicted octanol–water partition coefficient (Wildman–Crippen LogP) is 4.27. The molecule has 0 fully saturated rings. The maximum Gasteiger partial charge on any atom is 0.0676 e. The first kappa shape index (κ1) is 16.4. The molecule has 0 aliphatic rings. The number of likely N-dealkylation sites (N-methyl/N-ethyl adjacent to an activating group) is 1. The highest BCUT2D eigenvalue weighted by Gasteiger charge is 2.17. The molecule has 0 aliphatic carbocycles. The van der Waals surface area contributed by atoms with E-state index in [9.17, 15) is 0 Å². The minimum atomic E-state index is 0.174. The molecular formula is C16H19BrClN3. The summed E-state index contributed by atoms with van der Waals surface area (Å²) in [7, 11) is 1.96. The van der Waals surface area contributed by atoms with Crippen molar-refractivity contribution in [3.05, 3.63) is 56.3 Å². The number of halogens is 2. The highest BCUT2D eigenvalue weighted by atomic mass is 79.9. The first-order valence-electron chi connectivity index (χ1n) is 6.99. The van der Waals surface area contributed by atoms with Gasteiger partial charge in [0.15, 0.2) is 0 Å². The van der Waals surface area contributed by atoms with Crippen molar-refractivity contribution in [1.82, 2.24) is 15.5 Å². The van der Waals surface area contributed by atoms with Crippen LogP contribution in [-0.4, -0.2) is 17.2 Å². The van der Waals surface area contributed by atoms with E-state index >= 15 is 0 Å². The van der Waals surface area contributed by atoms with Gasteiger partial charge in [-0.05, 0) is 56.1 Å². The van der Waals surface area contributed by atoms with Crippen molar-refractivity contribution in [3.8, 4) is 0 Å². The SMILES string of the molecule is CCc1nnc(C)cc1C(Cc1ccc(Br)cc1Cl)NC. The van der Waals surface area contributed by atoms with Crippen molar-refractivity contribution in [2.75, 3.05) is 7.05 Å². The first-order valence-corrected chi connectivity index (χ1v) is 8.16. The van der Waals surface area contributed by atoms with Crippen LogP contribution in [0, 0.1) is 6.92 Å². The fraction of sp³-hybridized carbons (Fsp3) is 0.375. The zero-order chi connectivity index (χ0) is 15.4. The molecule has 2 rings (SSSR count). The zero-order valence-corrected chi connectivity index (χ0v) is 14.8. The van der Waals surface area contributed by atoms with Crippen LogP contribution in [0.5, 0.6) is 0 Å². The van der Waals surface area contributed by atoms with Gasteiger partial charge in [0.1, 0.15) is 0 Å². The molecule has 0 amide bonds. The van der Waals surface area contributed by atoms with Crippen LogP contribution >= 0.6 is 27.5 Å². The lowest BCUT2D eigenvalue weighted by Gasteiger charge is -2.20. The molecule has 1 N–H and O–H groups in total. The normalized spacial score (nSPS) is 12.4. The summed E-state index contributed by atoms with van der Waals surface area (Å²) >= 11 is 9.78. The third kappa shape index (κ3) is 4.02. The van der Waals surface area contributed by atoms with Crippen molar-refractivity contribution in [1.29, 1.82) is 0 Å². The van der Waals surface area contributed by atoms with E-state index in [2.05, 4.69) is 50.5 Å². The van der Waals surface area contributed by atoms with Crippen molar-refractivity contribution in [3.63, 3.8) is 0 Å². The van der Waals surface area contributed by atoms with Crippen LogP contribution in [0.4, 0.5) is 0 Å². The molecule has 0 spiro atoms. The predicted molar refractivity (Wildman–Crippen MR) is 90.8 cm³/mol. The molecule has 0 aliphatic heterocycles. The number of nitrogens with zero attached hydrogens (tertiary/aromatic N) is 2. The third-order valence-corrected chi connectivity index (χ3v) is 4.37. The Bertz CT molecular complexity index is 631. The van der Waals surface area contributed by atoms with E-state index in [1.807, 2.05) is 26.1 Å². The Labute approximate surface area is 139 Å². The smallest absolute Gasteiger partial charge is 0.0676 e. The molecule has 0 bridgehead atoms. The molecule has 1 aromatic carbocycles. The van der Waals surface area contributed by atoms with Crippen LogP contribution in [-0.2, 0) is 12.8 Å². The summed E-state index contributed by atoms with van der Waals surface area (Å²) in [5.41, 5.74) is 4.29. The van der Waals surface area contributed by atoms with Crippen molar-refractivity contribution in [2.24, 2.45) is 0 Å². The van der Waals surface area contributed by atoms with Crippen molar-refractivity contribution < 1.29 is 0 Å². The molecule has 112 valence electrons. The van der Waals surface area contributed by atoms with E-state index in [0.29, 0.717) is 0 Å². The maximum atomic E-state index is 6.34. The van der Waals surface area contributed by atoms with E-state index in [1.54, 1.807) is 0 Å². The second-order valence-corrected chi connectivity index (χ2v) is 6.35. The van der Waals surface area contributed by atoms with Gasteiger partial charge in [0.2, 0.25) is 0 Å². The minimum Gasteiger partial charge on any atom is -0.313 e. The summed E-state index contributed by atoms with van der Waals surface area (Å²) in [6.07, 6.45) is 1.69. The monoisotopic (exact) mass is 367 g/mol. The van der Waals surface area contributed by atoms with Gasteiger partial charge in [-0.15, -0.1) is 0 Å². The van der Waals surface area contributed by atoms with E-state index in [1.165, 1.54) is 5.56 Å². The summed E-state index contributed by atoms with van der Waals surface area (Å²) in [6, 6.07) is 8.29. The largest absolute Gasteiger partial charge is 0.313 e. The standard InChI is InChI=1S/C16H19BrClN3/c1-4-15-13(7-10(2)20-21-15)16(19-3)8-11-5-6-12(17)9-14(11)18/h5-7,9,16,19H,4,8H2,1-3H3. The lowest BCUT2D eigenvalue weighted by Crippen LogP contribution is -2.21. The van der Waals surface area contributed by atoms with Gasteiger partial charge in [-0.2, -0.15) is 10.2 Å². The Kier molecular flexibility index (Phi) is 5.73. The summed E-state index contributed by atoms with van der Waals surface area (Å²) < 4.78 is 0.993. The molecule has 0 radical (unpaired) electrons. The molecule has 1 heterocycles. The maximum absolute atomic E-state index is 6.34. The Balaban J connectivity index is 2.34. The van der Waals surface area contributed by atoms with Gasteiger partial charge >= 0.3 is 0 Å². The number of aryl methyl sites for hydroxylation is 2. The summed E-state index contributed by atoms with van der Waals surface area (Å²) in [5, 5.41) is 12.6. The first-order chi connectivity index (χ1) is 10.0. The van der Waals surface area contributed by atoms with Crippen LogP contribution in [0.25, 0.3) is 0 Å². The second-order valence-electron chi connectivity index (χ2n) is 5.02. The Morgan fingerprint density at radius 2 is 2.05 bits per heavy atom. The lowest BCUT2D eigenvalue weighted by atomic mass is 9.96. The van der Waals surface area contributed by atoms with Gasteiger partial charge in [0.25, 0.3) is 0 Å². The lowest BCUT2D eigenvalue weighted by molar-refractivity contribution is 0.578. The molecular weight excluding hydrogens is 350 g/mol. The van der Waals surface area contributed by atoms with Gasteiger partial charge in [-0.25, -0.2) is 0 Å².